The van der Waals surface area contributed by atoms with Gasteiger partial charge in [-0.05, 0) is 18.6 Å². The fourth-order valence-corrected chi connectivity index (χ4v) is 1.38. The molecule has 1 aromatic carbocycles. The van der Waals surface area contributed by atoms with Gasteiger partial charge in [0.1, 0.15) is 11.5 Å². The molecular weight excluding hydrogens is 212 g/mol. The topological polar surface area (TPSA) is 76.0 Å². The molecule has 0 amide bonds. The third-order valence-corrected chi connectivity index (χ3v) is 2.26. The van der Waals surface area contributed by atoms with Crippen LogP contribution in [0.2, 0.25) is 0 Å². The summed E-state index contributed by atoms with van der Waals surface area (Å²) in [6.45, 7) is 1.74. The summed E-state index contributed by atoms with van der Waals surface area (Å²) in [5.41, 5.74) is 0.809. The summed E-state index contributed by atoms with van der Waals surface area (Å²) in [6.07, 6.45) is -1.49. The molecule has 0 bridgehead atoms. The van der Waals surface area contributed by atoms with E-state index in [1.165, 1.54) is 26.4 Å². The average Bonchev–Trinajstić information content (AvgIpc) is 2.29. The highest BCUT2D eigenvalue weighted by Gasteiger charge is 2.22. The van der Waals surface area contributed by atoms with Crippen LogP contribution in [0.25, 0.3) is 0 Å². The third kappa shape index (κ3) is 2.25. The van der Waals surface area contributed by atoms with Crippen LogP contribution in [-0.4, -0.2) is 30.4 Å². The lowest BCUT2D eigenvalue weighted by Gasteiger charge is -2.13. The normalized spacial score (nSPS) is 12.0. The van der Waals surface area contributed by atoms with Crippen molar-refractivity contribution < 1.29 is 24.5 Å². The predicted molar refractivity (Wildman–Crippen MR) is 56.4 cm³/mol. The van der Waals surface area contributed by atoms with Crippen LogP contribution in [0.3, 0.4) is 0 Å². The van der Waals surface area contributed by atoms with Crippen molar-refractivity contribution in [3.63, 3.8) is 0 Å². The van der Waals surface area contributed by atoms with Gasteiger partial charge in [0.25, 0.3) is 0 Å². The van der Waals surface area contributed by atoms with Gasteiger partial charge in [-0.25, -0.2) is 4.79 Å². The van der Waals surface area contributed by atoms with E-state index in [4.69, 9.17) is 4.74 Å². The standard InChI is InChI=1S/C11H14O5/c1-6-4-7(10(13)11(14)16-3)8(12)5-9(6)15-2/h4-5,10,12-13H,1-3H3. The molecule has 1 aromatic rings. The Bertz CT molecular complexity index is 400. The van der Waals surface area contributed by atoms with Gasteiger partial charge in [0.2, 0.25) is 0 Å². The van der Waals surface area contributed by atoms with Crippen molar-refractivity contribution in [3.8, 4) is 11.5 Å². The van der Waals surface area contributed by atoms with E-state index >= 15 is 0 Å². The molecule has 16 heavy (non-hydrogen) atoms. The molecule has 2 N–H and O–H groups in total. The summed E-state index contributed by atoms with van der Waals surface area (Å²) in [6, 6.07) is 2.83. The number of aliphatic hydroxyl groups is 1. The molecule has 0 aliphatic heterocycles. The van der Waals surface area contributed by atoms with E-state index < -0.39 is 12.1 Å². The molecule has 0 saturated heterocycles. The maximum atomic E-state index is 11.1. The molecule has 1 atom stereocenters. The fraction of sp³-hybridized carbons (Fsp3) is 0.364. The van der Waals surface area contributed by atoms with Gasteiger partial charge < -0.3 is 19.7 Å². The average molecular weight is 226 g/mol. The zero-order chi connectivity index (χ0) is 12.3. The first-order chi connectivity index (χ1) is 7.51. The second-order valence-corrected chi connectivity index (χ2v) is 3.31. The number of ether oxygens (including phenoxy) is 2. The predicted octanol–water partition coefficient (Wildman–Crippen LogP) is 0.916. The molecule has 0 radical (unpaired) electrons. The fourth-order valence-electron chi connectivity index (χ4n) is 1.38. The van der Waals surface area contributed by atoms with Crippen molar-refractivity contribution in [3.05, 3.63) is 23.3 Å². The molecule has 0 aliphatic rings. The lowest BCUT2D eigenvalue weighted by Crippen LogP contribution is -2.13. The zero-order valence-electron chi connectivity index (χ0n) is 9.35. The number of benzene rings is 1. The van der Waals surface area contributed by atoms with E-state index in [0.717, 1.165) is 0 Å². The number of carbonyl (C=O) groups excluding carboxylic acids is 1. The SMILES string of the molecule is COC(=O)C(O)c1cc(C)c(OC)cc1O. The van der Waals surface area contributed by atoms with E-state index in [1.54, 1.807) is 6.92 Å². The maximum absolute atomic E-state index is 11.1. The molecular formula is C11H14O5. The van der Waals surface area contributed by atoms with Crippen molar-refractivity contribution >= 4 is 5.97 Å². The van der Waals surface area contributed by atoms with Gasteiger partial charge in [-0.1, -0.05) is 0 Å². The molecule has 1 rings (SSSR count). The van der Waals surface area contributed by atoms with E-state index in [2.05, 4.69) is 4.74 Å². The summed E-state index contributed by atoms with van der Waals surface area (Å²) < 4.78 is 9.38. The number of rotatable bonds is 3. The molecule has 0 fully saturated rings. The number of methoxy groups -OCH3 is 2. The Morgan fingerprint density at radius 2 is 2.00 bits per heavy atom. The molecule has 1 unspecified atom stereocenters. The second kappa shape index (κ2) is 4.85. The van der Waals surface area contributed by atoms with Crippen LogP contribution in [-0.2, 0) is 9.53 Å². The van der Waals surface area contributed by atoms with E-state index in [9.17, 15) is 15.0 Å². The summed E-state index contributed by atoms with van der Waals surface area (Å²) in [4.78, 5) is 11.1. The summed E-state index contributed by atoms with van der Waals surface area (Å²) in [7, 11) is 2.64. The number of aromatic hydroxyl groups is 1. The Hall–Kier alpha value is -1.75. The number of phenols is 1. The van der Waals surface area contributed by atoms with E-state index in [-0.39, 0.29) is 11.3 Å². The quantitative estimate of drug-likeness (QED) is 0.749. The molecule has 0 aromatic heterocycles. The Morgan fingerprint density at radius 1 is 1.38 bits per heavy atom. The lowest BCUT2D eigenvalue weighted by molar-refractivity contribution is -0.150. The minimum Gasteiger partial charge on any atom is -0.507 e. The number of aliphatic hydroxyl groups excluding tert-OH is 1. The summed E-state index contributed by atoms with van der Waals surface area (Å²) in [5, 5.41) is 19.2. The molecule has 0 aliphatic carbocycles. The Balaban J connectivity index is 3.15. The van der Waals surface area contributed by atoms with Crippen LogP contribution >= 0.6 is 0 Å². The molecule has 88 valence electrons. The Morgan fingerprint density at radius 3 is 2.50 bits per heavy atom. The highest BCUT2D eigenvalue weighted by Crippen LogP contribution is 2.31. The van der Waals surface area contributed by atoms with Crippen LogP contribution < -0.4 is 4.74 Å². The zero-order valence-corrected chi connectivity index (χ0v) is 9.35. The summed E-state index contributed by atoms with van der Waals surface area (Å²) in [5.74, 6) is -0.543. The number of carbonyl (C=O) groups is 1. The highest BCUT2D eigenvalue weighted by atomic mass is 16.5. The first kappa shape index (κ1) is 12.3. The lowest BCUT2D eigenvalue weighted by atomic mass is 10.0. The van der Waals surface area contributed by atoms with Gasteiger partial charge in [-0.15, -0.1) is 0 Å². The van der Waals surface area contributed by atoms with Crippen molar-refractivity contribution in [2.45, 2.75) is 13.0 Å². The Labute approximate surface area is 93.2 Å². The first-order valence-corrected chi connectivity index (χ1v) is 4.64. The van der Waals surface area contributed by atoms with Crippen LogP contribution in [0.5, 0.6) is 11.5 Å². The third-order valence-electron chi connectivity index (χ3n) is 2.26. The second-order valence-electron chi connectivity index (χ2n) is 3.31. The van der Waals surface area contributed by atoms with Gasteiger partial charge in [0.15, 0.2) is 6.10 Å². The highest BCUT2D eigenvalue weighted by molar-refractivity contribution is 5.77. The molecule has 0 spiro atoms. The van der Waals surface area contributed by atoms with Crippen molar-refractivity contribution in [1.82, 2.24) is 0 Å². The van der Waals surface area contributed by atoms with Gasteiger partial charge in [0.05, 0.1) is 14.2 Å². The smallest absolute Gasteiger partial charge is 0.339 e. The maximum Gasteiger partial charge on any atom is 0.339 e. The molecule has 5 heteroatoms. The van der Waals surface area contributed by atoms with Crippen LogP contribution in [0.15, 0.2) is 12.1 Å². The monoisotopic (exact) mass is 226 g/mol. The van der Waals surface area contributed by atoms with Gasteiger partial charge in [0, 0.05) is 11.6 Å². The van der Waals surface area contributed by atoms with Gasteiger partial charge in [-0.2, -0.15) is 0 Å². The van der Waals surface area contributed by atoms with Crippen molar-refractivity contribution in [1.29, 1.82) is 0 Å². The molecule has 5 nitrogen and oxygen atoms in total. The minimum absolute atomic E-state index is 0.102. The summed E-state index contributed by atoms with van der Waals surface area (Å²) >= 11 is 0. The van der Waals surface area contributed by atoms with Crippen LogP contribution in [0, 0.1) is 6.92 Å². The first-order valence-electron chi connectivity index (χ1n) is 4.64. The van der Waals surface area contributed by atoms with Crippen LogP contribution in [0.4, 0.5) is 0 Å². The van der Waals surface area contributed by atoms with Gasteiger partial charge in [-0.3, -0.25) is 0 Å². The van der Waals surface area contributed by atoms with E-state index in [0.29, 0.717) is 11.3 Å². The van der Waals surface area contributed by atoms with Crippen molar-refractivity contribution in [2.75, 3.05) is 14.2 Å². The number of hydrogen-bond donors (Lipinski definition) is 2. The Kier molecular flexibility index (Phi) is 3.73. The number of esters is 1. The number of aryl methyl sites for hydroxylation is 1. The van der Waals surface area contributed by atoms with E-state index in [1.807, 2.05) is 0 Å². The van der Waals surface area contributed by atoms with Crippen LogP contribution in [0.1, 0.15) is 17.2 Å². The molecule has 0 heterocycles. The number of phenolic OH excluding ortho intramolecular Hbond substituents is 1. The largest absolute Gasteiger partial charge is 0.507 e. The van der Waals surface area contributed by atoms with Crippen molar-refractivity contribution in [2.24, 2.45) is 0 Å². The van der Waals surface area contributed by atoms with Gasteiger partial charge >= 0.3 is 5.97 Å². The number of hydrogen-bond acceptors (Lipinski definition) is 5. The minimum atomic E-state index is -1.49. The molecule has 0 saturated carbocycles.